The van der Waals surface area contributed by atoms with Crippen LogP contribution >= 0.6 is 0 Å². The number of benzene rings is 1. The quantitative estimate of drug-likeness (QED) is 0.493. The Morgan fingerprint density at radius 3 is 2.73 bits per heavy atom. The molecule has 3 aromatic rings. The van der Waals surface area contributed by atoms with E-state index >= 15 is 0 Å². The summed E-state index contributed by atoms with van der Waals surface area (Å²) in [6, 6.07) is 10.7. The van der Waals surface area contributed by atoms with E-state index in [2.05, 4.69) is 10.3 Å². The molecule has 1 aromatic carbocycles. The molecular formula is C18H13FN4O3. The summed E-state index contributed by atoms with van der Waals surface area (Å²) in [6.07, 6.45) is 3.67. The Morgan fingerprint density at radius 1 is 1.15 bits per heavy atom. The summed E-state index contributed by atoms with van der Waals surface area (Å²) in [7, 11) is 0. The lowest BCUT2D eigenvalue weighted by molar-refractivity contribution is 0.102. The molecular weight excluding hydrogens is 339 g/mol. The van der Waals surface area contributed by atoms with Crippen LogP contribution in [0, 0.1) is 16.6 Å². The summed E-state index contributed by atoms with van der Waals surface area (Å²) in [5.74, 6) is -1.79. The molecule has 0 aliphatic heterocycles. The third-order valence-electron chi connectivity index (χ3n) is 3.35. The second-order valence-electron chi connectivity index (χ2n) is 5.13. The molecule has 26 heavy (non-hydrogen) atoms. The summed E-state index contributed by atoms with van der Waals surface area (Å²) in [5, 5.41) is 18.3. The number of carbonyl (C=O) groups excluding carboxylic acids is 1. The molecule has 0 bridgehead atoms. The number of nitrogens with one attached hydrogen (secondary N) is 3. The molecule has 0 spiro atoms. The van der Waals surface area contributed by atoms with Crippen molar-refractivity contribution in [2.75, 3.05) is 5.32 Å². The van der Waals surface area contributed by atoms with Crippen LogP contribution in [0.1, 0.15) is 21.7 Å². The van der Waals surface area contributed by atoms with E-state index in [4.69, 9.17) is 20.0 Å². The minimum atomic E-state index is -0.732. The van der Waals surface area contributed by atoms with E-state index < -0.39 is 11.7 Å². The van der Waals surface area contributed by atoms with E-state index in [0.717, 1.165) is 6.20 Å². The van der Waals surface area contributed by atoms with Crippen LogP contribution in [0.3, 0.4) is 0 Å². The lowest BCUT2D eigenvalue weighted by atomic mass is 10.2. The molecule has 0 aliphatic rings. The van der Waals surface area contributed by atoms with Crippen molar-refractivity contribution in [1.82, 2.24) is 4.98 Å². The van der Waals surface area contributed by atoms with Crippen LogP contribution in [0.15, 0.2) is 65.5 Å². The fraction of sp³-hybridized carbons (Fsp3) is 0. The number of aromatic nitrogens is 1. The van der Waals surface area contributed by atoms with Crippen LogP contribution in [0.2, 0.25) is 0 Å². The van der Waals surface area contributed by atoms with E-state index in [1.165, 1.54) is 30.7 Å². The molecule has 130 valence electrons. The van der Waals surface area contributed by atoms with E-state index in [0.29, 0.717) is 11.3 Å². The van der Waals surface area contributed by atoms with Crippen molar-refractivity contribution in [2.24, 2.45) is 0 Å². The number of amides is 1. The first-order valence-electron chi connectivity index (χ1n) is 7.44. The first kappa shape index (κ1) is 17.0. The smallest absolute Gasteiger partial charge is 0.258 e. The molecule has 7 nitrogen and oxygen atoms in total. The number of ether oxygens (including phenoxy) is 1. The number of furan rings is 1. The Morgan fingerprint density at radius 2 is 2.00 bits per heavy atom. The Labute approximate surface area is 147 Å². The minimum absolute atomic E-state index is 0.142. The third-order valence-corrected chi connectivity index (χ3v) is 3.35. The molecule has 0 saturated heterocycles. The first-order chi connectivity index (χ1) is 12.5. The lowest BCUT2D eigenvalue weighted by Gasteiger charge is -2.09. The van der Waals surface area contributed by atoms with Crippen LogP contribution in [0.5, 0.6) is 0 Å². The van der Waals surface area contributed by atoms with Gasteiger partial charge in [-0.15, -0.1) is 0 Å². The molecule has 3 N–H and O–H groups in total. The van der Waals surface area contributed by atoms with Crippen LogP contribution in [0.25, 0.3) is 0 Å². The molecule has 2 aromatic heterocycles. The monoisotopic (exact) mass is 352 g/mol. The van der Waals surface area contributed by atoms with Gasteiger partial charge in [-0.3, -0.25) is 20.6 Å². The second-order valence-corrected chi connectivity index (χ2v) is 5.13. The number of halogens is 1. The topological polar surface area (TPSA) is 112 Å². The normalized spacial score (nSPS) is 10.2. The molecule has 3 rings (SSSR count). The third kappa shape index (κ3) is 3.81. The molecule has 0 aliphatic carbocycles. The number of rotatable bonds is 4. The minimum Gasteiger partial charge on any atom is -0.459 e. The Bertz CT molecular complexity index is 970. The second kappa shape index (κ2) is 7.39. The number of nitrogens with zero attached hydrogens (tertiary/aromatic N) is 1. The van der Waals surface area contributed by atoms with Crippen molar-refractivity contribution in [2.45, 2.75) is 0 Å². The predicted octanol–water partition coefficient (Wildman–Crippen LogP) is 3.43. The van der Waals surface area contributed by atoms with Crippen LogP contribution < -0.4 is 5.32 Å². The zero-order chi connectivity index (χ0) is 18.5. The zero-order valence-corrected chi connectivity index (χ0v) is 13.3. The molecule has 0 saturated carbocycles. The van der Waals surface area contributed by atoms with Crippen molar-refractivity contribution in [1.29, 1.82) is 10.8 Å². The van der Waals surface area contributed by atoms with Crippen molar-refractivity contribution in [3.63, 3.8) is 0 Å². The highest BCUT2D eigenvalue weighted by Crippen LogP contribution is 2.15. The molecule has 0 radical (unpaired) electrons. The summed E-state index contributed by atoms with van der Waals surface area (Å²) in [4.78, 5) is 15.7. The molecule has 2 heterocycles. The van der Waals surface area contributed by atoms with Gasteiger partial charge in [0, 0.05) is 17.4 Å². The van der Waals surface area contributed by atoms with Crippen LogP contribution in [-0.4, -0.2) is 22.7 Å². The van der Waals surface area contributed by atoms with Crippen LogP contribution in [-0.2, 0) is 4.74 Å². The van der Waals surface area contributed by atoms with Crippen molar-refractivity contribution in [3.8, 4) is 0 Å². The van der Waals surface area contributed by atoms with E-state index in [9.17, 15) is 9.18 Å². The maximum absolute atomic E-state index is 13.6. The predicted molar refractivity (Wildman–Crippen MR) is 92.0 cm³/mol. The fourth-order valence-corrected chi connectivity index (χ4v) is 2.11. The maximum atomic E-state index is 13.6. The molecule has 0 fully saturated rings. The van der Waals surface area contributed by atoms with Gasteiger partial charge in [-0.05, 0) is 36.4 Å². The largest absolute Gasteiger partial charge is 0.459 e. The standard InChI is InChI=1S/C18H13FN4O3/c19-14-10-22-7-6-13(14)18(24)23-12-4-1-3-11(9-12)16(20)26-17(21)15-5-2-8-25-15/h1-10,20-21H,(H,23,24). The average Bonchev–Trinajstić information content (AvgIpc) is 3.17. The Hall–Kier alpha value is -3.81. The van der Waals surface area contributed by atoms with Gasteiger partial charge in [0.1, 0.15) is 0 Å². The number of anilines is 1. The molecule has 0 atom stereocenters. The Balaban J connectivity index is 1.72. The molecule has 8 heteroatoms. The van der Waals surface area contributed by atoms with Gasteiger partial charge in [0.05, 0.1) is 18.0 Å². The highest BCUT2D eigenvalue weighted by atomic mass is 19.1. The van der Waals surface area contributed by atoms with Crippen molar-refractivity contribution >= 4 is 23.4 Å². The number of pyridine rings is 1. The molecule has 0 unspecified atom stereocenters. The van der Waals surface area contributed by atoms with Gasteiger partial charge >= 0.3 is 0 Å². The van der Waals surface area contributed by atoms with Gasteiger partial charge in [-0.1, -0.05) is 6.07 Å². The first-order valence-corrected chi connectivity index (χ1v) is 7.44. The average molecular weight is 352 g/mol. The summed E-state index contributed by atoms with van der Waals surface area (Å²) in [6.45, 7) is 0. The number of hydrogen-bond donors (Lipinski definition) is 3. The van der Waals surface area contributed by atoms with Gasteiger partial charge in [-0.25, -0.2) is 4.39 Å². The SMILES string of the molecule is N=C(OC(=N)c1ccco1)c1cccc(NC(=O)c2ccncc2F)c1. The highest BCUT2D eigenvalue weighted by Gasteiger charge is 2.14. The van der Waals surface area contributed by atoms with Crippen LogP contribution in [0.4, 0.5) is 10.1 Å². The lowest BCUT2D eigenvalue weighted by Crippen LogP contribution is -2.15. The van der Waals surface area contributed by atoms with E-state index in [1.807, 2.05) is 0 Å². The van der Waals surface area contributed by atoms with Gasteiger partial charge in [0.15, 0.2) is 11.6 Å². The van der Waals surface area contributed by atoms with Crippen molar-refractivity contribution in [3.05, 3.63) is 83.8 Å². The van der Waals surface area contributed by atoms with E-state index in [-0.39, 0.29) is 23.1 Å². The highest BCUT2D eigenvalue weighted by molar-refractivity contribution is 6.06. The van der Waals surface area contributed by atoms with Gasteiger partial charge in [-0.2, -0.15) is 0 Å². The van der Waals surface area contributed by atoms with E-state index in [1.54, 1.807) is 24.3 Å². The Kier molecular flexibility index (Phi) is 4.84. The van der Waals surface area contributed by atoms with Gasteiger partial charge < -0.3 is 14.5 Å². The number of hydrogen-bond acceptors (Lipinski definition) is 6. The zero-order valence-electron chi connectivity index (χ0n) is 13.3. The van der Waals surface area contributed by atoms with Gasteiger partial charge in [0.2, 0.25) is 5.90 Å². The maximum Gasteiger partial charge on any atom is 0.258 e. The fourth-order valence-electron chi connectivity index (χ4n) is 2.11. The molecule has 1 amide bonds. The van der Waals surface area contributed by atoms with Gasteiger partial charge in [0.25, 0.3) is 11.8 Å². The summed E-state index contributed by atoms with van der Waals surface area (Å²) >= 11 is 0. The summed E-state index contributed by atoms with van der Waals surface area (Å²) < 4.78 is 23.8. The number of carbonyl (C=O) groups is 1. The van der Waals surface area contributed by atoms with Crippen molar-refractivity contribution < 1.29 is 18.3 Å². The summed E-state index contributed by atoms with van der Waals surface area (Å²) in [5.41, 5.74) is 0.534.